The molecule has 2 aromatic heterocycles. The molecule has 1 N–H and O–H groups in total. The van der Waals surface area contributed by atoms with Crippen LogP contribution in [0, 0.1) is 6.92 Å². The summed E-state index contributed by atoms with van der Waals surface area (Å²) in [5.74, 6) is 1.13. The van der Waals surface area contributed by atoms with Gasteiger partial charge in [-0.15, -0.1) is 0 Å². The number of fused-ring (bicyclic) bond motifs is 1. The predicted molar refractivity (Wildman–Crippen MR) is 104 cm³/mol. The molecule has 134 valence electrons. The first-order valence-corrected chi connectivity index (χ1v) is 8.57. The second kappa shape index (κ2) is 7.29. The van der Waals surface area contributed by atoms with Gasteiger partial charge >= 0.3 is 0 Å². The maximum atomic E-state index is 12.1. The van der Waals surface area contributed by atoms with Crippen LogP contribution in [0.5, 0.6) is 5.75 Å². The zero-order valence-corrected chi connectivity index (χ0v) is 14.8. The van der Waals surface area contributed by atoms with E-state index >= 15 is 0 Å². The van der Waals surface area contributed by atoms with E-state index in [2.05, 4.69) is 15.3 Å². The average Bonchev–Trinajstić information content (AvgIpc) is 3.11. The van der Waals surface area contributed by atoms with E-state index in [9.17, 15) is 4.79 Å². The summed E-state index contributed by atoms with van der Waals surface area (Å²) in [6.45, 7) is 1.94. The maximum absolute atomic E-state index is 12.1. The maximum Gasteiger partial charge on any atom is 0.262 e. The van der Waals surface area contributed by atoms with E-state index < -0.39 is 0 Å². The van der Waals surface area contributed by atoms with Gasteiger partial charge in [0.05, 0.1) is 5.69 Å². The van der Waals surface area contributed by atoms with Gasteiger partial charge in [-0.1, -0.05) is 24.3 Å². The van der Waals surface area contributed by atoms with Crippen LogP contribution in [-0.4, -0.2) is 26.9 Å². The summed E-state index contributed by atoms with van der Waals surface area (Å²) < 4.78 is 7.38. The van der Waals surface area contributed by atoms with Gasteiger partial charge in [0.1, 0.15) is 5.75 Å². The summed E-state index contributed by atoms with van der Waals surface area (Å²) in [6.07, 6.45) is 5.54. The van der Waals surface area contributed by atoms with Gasteiger partial charge in [0.15, 0.2) is 6.61 Å². The molecule has 1 amide bonds. The van der Waals surface area contributed by atoms with Crippen LogP contribution in [0.1, 0.15) is 5.56 Å². The Balaban J connectivity index is 1.39. The van der Waals surface area contributed by atoms with E-state index in [0.717, 1.165) is 16.8 Å². The molecule has 0 aliphatic rings. The monoisotopic (exact) mass is 358 g/mol. The van der Waals surface area contributed by atoms with Crippen molar-refractivity contribution in [3.05, 3.63) is 78.8 Å². The summed E-state index contributed by atoms with van der Waals surface area (Å²) in [5.41, 5.74) is 3.58. The number of anilines is 1. The minimum absolute atomic E-state index is 0.0384. The molecular formula is C21H18N4O2. The quantitative estimate of drug-likeness (QED) is 0.590. The van der Waals surface area contributed by atoms with Crippen molar-refractivity contribution < 1.29 is 9.53 Å². The Morgan fingerprint density at radius 3 is 2.78 bits per heavy atom. The molecule has 0 bridgehead atoms. The number of carbonyl (C=O) groups excluding carboxylic acids is 1. The largest absolute Gasteiger partial charge is 0.484 e. The number of rotatable bonds is 5. The van der Waals surface area contributed by atoms with Gasteiger partial charge in [-0.3, -0.25) is 9.20 Å². The smallest absolute Gasteiger partial charge is 0.262 e. The third kappa shape index (κ3) is 3.95. The molecule has 6 nitrogen and oxygen atoms in total. The fourth-order valence-corrected chi connectivity index (χ4v) is 2.74. The van der Waals surface area contributed by atoms with E-state index in [-0.39, 0.29) is 12.5 Å². The Morgan fingerprint density at radius 1 is 1.15 bits per heavy atom. The summed E-state index contributed by atoms with van der Waals surface area (Å²) in [6, 6.07) is 17.0. The van der Waals surface area contributed by atoms with Gasteiger partial charge < -0.3 is 10.1 Å². The summed E-state index contributed by atoms with van der Waals surface area (Å²) in [5, 5.41) is 2.83. The molecule has 0 fully saturated rings. The van der Waals surface area contributed by atoms with Gasteiger partial charge in [-0.25, -0.2) is 9.97 Å². The lowest BCUT2D eigenvalue weighted by molar-refractivity contribution is -0.118. The molecule has 0 unspecified atom stereocenters. The number of imidazole rings is 1. The topological polar surface area (TPSA) is 68.5 Å². The highest BCUT2D eigenvalue weighted by atomic mass is 16.5. The average molecular weight is 358 g/mol. The van der Waals surface area contributed by atoms with E-state index in [1.54, 1.807) is 6.20 Å². The minimum atomic E-state index is -0.207. The van der Waals surface area contributed by atoms with Crippen molar-refractivity contribution in [3.63, 3.8) is 0 Å². The fourth-order valence-electron chi connectivity index (χ4n) is 2.74. The van der Waals surface area contributed by atoms with Crippen LogP contribution < -0.4 is 10.1 Å². The molecule has 27 heavy (non-hydrogen) atoms. The Bertz CT molecular complexity index is 1050. The van der Waals surface area contributed by atoms with Crippen molar-refractivity contribution in [1.82, 2.24) is 14.4 Å². The number of amides is 1. The van der Waals surface area contributed by atoms with Gasteiger partial charge in [0.2, 0.25) is 5.78 Å². The van der Waals surface area contributed by atoms with Crippen LogP contribution in [0.4, 0.5) is 5.69 Å². The molecular weight excluding hydrogens is 340 g/mol. The number of hydrogen-bond acceptors (Lipinski definition) is 4. The number of aromatic nitrogens is 3. The van der Waals surface area contributed by atoms with Gasteiger partial charge in [-0.05, 0) is 42.8 Å². The predicted octanol–water partition coefficient (Wildman–Crippen LogP) is 3.72. The first-order valence-electron chi connectivity index (χ1n) is 8.57. The van der Waals surface area contributed by atoms with Crippen LogP contribution in [0.3, 0.4) is 0 Å². The van der Waals surface area contributed by atoms with Crippen LogP contribution in [0.2, 0.25) is 0 Å². The number of benzene rings is 2. The lowest BCUT2D eigenvalue weighted by Crippen LogP contribution is -2.20. The number of ether oxygens (including phenoxy) is 1. The molecule has 0 aliphatic heterocycles. The number of nitrogens with one attached hydrogen (secondary N) is 1. The Hall–Kier alpha value is -3.67. The highest BCUT2D eigenvalue weighted by Gasteiger charge is 2.07. The van der Waals surface area contributed by atoms with Crippen LogP contribution in [0.15, 0.2) is 73.2 Å². The second-order valence-corrected chi connectivity index (χ2v) is 6.18. The molecule has 4 aromatic rings. The lowest BCUT2D eigenvalue weighted by Gasteiger charge is -2.08. The molecule has 6 heteroatoms. The molecule has 4 rings (SSSR count). The summed E-state index contributed by atoms with van der Waals surface area (Å²) in [7, 11) is 0. The Morgan fingerprint density at radius 2 is 2.00 bits per heavy atom. The first-order chi connectivity index (χ1) is 13.2. The summed E-state index contributed by atoms with van der Waals surface area (Å²) >= 11 is 0. The molecule has 0 saturated carbocycles. The molecule has 0 radical (unpaired) electrons. The zero-order chi connectivity index (χ0) is 18.6. The first kappa shape index (κ1) is 16.8. The normalized spacial score (nSPS) is 10.7. The van der Waals surface area contributed by atoms with Crippen molar-refractivity contribution in [2.75, 3.05) is 11.9 Å². The van der Waals surface area contributed by atoms with E-state index in [4.69, 9.17) is 4.74 Å². The van der Waals surface area contributed by atoms with Crippen LogP contribution in [-0.2, 0) is 4.79 Å². The van der Waals surface area contributed by atoms with E-state index in [0.29, 0.717) is 17.2 Å². The second-order valence-electron chi connectivity index (χ2n) is 6.18. The van der Waals surface area contributed by atoms with E-state index in [1.807, 2.05) is 78.3 Å². The Labute approximate surface area is 156 Å². The molecule has 0 saturated heterocycles. The molecule has 0 spiro atoms. The van der Waals surface area contributed by atoms with Crippen molar-refractivity contribution >= 4 is 17.4 Å². The number of nitrogens with zero attached hydrogens (tertiary/aromatic N) is 3. The molecule has 2 heterocycles. The molecule has 2 aromatic carbocycles. The fraction of sp³-hybridized carbons (Fsp3) is 0.0952. The minimum Gasteiger partial charge on any atom is -0.484 e. The van der Waals surface area contributed by atoms with Crippen LogP contribution in [0.25, 0.3) is 17.0 Å². The number of aryl methyl sites for hydroxylation is 1. The molecule has 0 aliphatic carbocycles. The highest BCUT2D eigenvalue weighted by molar-refractivity contribution is 5.92. The number of carbonyl (C=O) groups is 1. The van der Waals surface area contributed by atoms with Crippen molar-refractivity contribution in [3.8, 4) is 17.0 Å². The third-order valence-corrected chi connectivity index (χ3v) is 4.06. The van der Waals surface area contributed by atoms with Crippen LogP contribution >= 0.6 is 0 Å². The zero-order valence-electron chi connectivity index (χ0n) is 14.8. The van der Waals surface area contributed by atoms with Crippen molar-refractivity contribution in [2.45, 2.75) is 6.92 Å². The Kier molecular flexibility index (Phi) is 4.53. The third-order valence-electron chi connectivity index (χ3n) is 4.06. The van der Waals surface area contributed by atoms with Gasteiger partial charge in [0, 0.05) is 29.8 Å². The van der Waals surface area contributed by atoms with Crippen molar-refractivity contribution in [2.24, 2.45) is 0 Å². The standard InChI is InChI=1S/C21H18N4O2/c1-15-4-2-5-18(12-15)27-14-20(26)23-17-8-6-16(7-9-17)19-13-25-11-3-10-22-21(25)24-19/h2-13H,14H2,1H3,(H,23,26). The van der Waals surface area contributed by atoms with E-state index in [1.165, 1.54) is 0 Å². The molecule has 0 atom stereocenters. The number of hydrogen-bond donors (Lipinski definition) is 1. The van der Waals surface area contributed by atoms with Gasteiger partial charge in [0.25, 0.3) is 5.91 Å². The lowest BCUT2D eigenvalue weighted by atomic mass is 10.1. The van der Waals surface area contributed by atoms with Crippen molar-refractivity contribution in [1.29, 1.82) is 0 Å². The van der Waals surface area contributed by atoms with Gasteiger partial charge in [-0.2, -0.15) is 0 Å². The summed E-state index contributed by atoms with van der Waals surface area (Å²) in [4.78, 5) is 20.8. The highest BCUT2D eigenvalue weighted by Crippen LogP contribution is 2.21. The SMILES string of the molecule is Cc1cccc(OCC(=O)Nc2ccc(-c3cn4cccnc4n3)cc2)c1.